The Balaban J connectivity index is 1.35. The molecule has 0 aliphatic carbocycles. The summed E-state index contributed by atoms with van der Waals surface area (Å²) >= 11 is 0. The van der Waals surface area contributed by atoms with Gasteiger partial charge in [0, 0.05) is 6.42 Å². The van der Waals surface area contributed by atoms with E-state index in [9.17, 15) is 9.59 Å². The Hall–Kier alpha value is -3.42. The number of fused-ring (bicyclic) bond motifs is 1. The van der Waals surface area contributed by atoms with Crippen LogP contribution in [0.2, 0.25) is 0 Å². The van der Waals surface area contributed by atoms with Crippen LogP contribution in [0.3, 0.4) is 0 Å². The SMILES string of the molecule is COc1ccc(CCC(=O)OCC(=O)NC[C@@H]2COc3ccccc3O2)cc1OC. The monoisotopic (exact) mass is 415 g/mol. The zero-order valence-corrected chi connectivity index (χ0v) is 17.0. The minimum absolute atomic E-state index is 0.152. The third-order valence-corrected chi connectivity index (χ3v) is 4.52. The van der Waals surface area contributed by atoms with Crippen molar-refractivity contribution in [2.75, 3.05) is 34.0 Å². The van der Waals surface area contributed by atoms with E-state index in [2.05, 4.69) is 5.32 Å². The van der Waals surface area contributed by atoms with E-state index >= 15 is 0 Å². The summed E-state index contributed by atoms with van der Waals surface area (Å²) in [6.45, 7) is 0.258. The molecule has 0 unspecified atom stereocenters. The average molecular weight is 415 g/mol. The molecule has 1 N–H and O–H groups in total. The van der Waals surface area contributed by atoms with Crippen molar-refractivity contribution in [3.63, 3.8) is 0 Å². The molecule has 0 fully saturated rings. The van der Waals surface area contributed by atoms with Crippen LogP contribution >= 0.6 is 0 Å². The van der Waals surface area contributed by atoms with Crippen LogP contribution in [-0.4, -0.2) is 52.0 Å². The fourth-order valence-corrected chi connectivity index (χ4v) is 2.94. The van der Waals surface area contributed by atoms with Gasteiger partial charge in [-0.1, -0.05) is 18.2 Å². The molecule has 160 valence electrons. The van der Waals surface area contributed by atoms with Crippen molar-refractivity contribution >= 4 is 11.9 Å². The number of nitrogens with one attached hydrogen (secondary N) is 1. The van der Waals surface area contributed by atoms with Gasteiger partial charge in [0.25, 0.3) is 5.91 Å². The molecule has 1 aliphatic heterocycles. The number of carbonyl (C=O) groups excluding carboxylic acids is 2. The first-order chi connectivity index (χ1) is 14.6. The maximum Gasteiger partial charge on any atom is 0.306 e. The Morgan fingerprint density at radius 2 is 1.83 bits per heavy atom. The van der Waals surface area contributed by atoms with E-state index in [4.69, 9.17) is 23.7 Å². The zero-order valence-electron chi connectivity index (χ0n) is 17.0. The molecule has 8 heteroatoms. The first kappa shape index (κ1) is 21.3. The van der Waals surface area contributed by atoms with Crippen LogP contribution in [0.1, 0.15) is 12.0 Å². The fraction of sp³-hybridized carbons (Fsp3) is 0.364. The number of esters is 1. The summed E-state index contributed by atoms with van der Waals surface area (Å²) in [5.41, 5.74) is 0.906. The van der Waals surface area contributed by atoms with E-state index in [1.807, 2.05) is 36.4 Å². The van der Waals surface area contributed by atoms with Crippen LogP contribution in [-0.2, 0) is 20.7 Å². The third-order valence-electron chi connectivity index (χ3n) is 4.52. The predicted octanol–water partition coefficient (Wildman–Crippen LogP) is 2.14. The molecule has 2 aromatic rings. The number of aryl methyl sites for hydroxylation is 1. The quantitative estimate of drug-likeness (QED) is 0.627. The van der Waals surface area contributed by atoms with Gasteiger partial charge in [-0.2, -0.15) is 0 Å². The molecule has 0 spiro atoms. The Morgan fingerprint density at radius 1 is 1.07 bits per heavy atom. The number of benzene rings is 2. The number of amides is 1. The van der Waals surface area contributed by atoms with Crippen molar-refractivity contribution in [3.05, 3.63) is 48.0 Å². The average Bonchev–Trinajstić information content (AvgIpc) is 2.79. The Bertz CT molecular complexity index is 884. The van der Waals surface area contributed by atoms with Crippen LogP contribution in [0.4, 0.5) is 0 Å². The molecule has 0 radical (unpaired) electrons. The number of hydrogen-bond acceptors (Lipinski definition) is 7. The van der Waals surface area contributed by atoms with Gasteiger partial charge in [-0.3, -0.25) is 9.59 Å². The first-order valence-corrected chi connectivity index (χ1v) is 9.60. The van der Waals surface area contributed by atoms with Crippen LogP contribution in [0.15, 0.2) is 42.5 Å². The van der Waals surface area contributed by atoms with Gasteiger partial charge >= 0.3 is 5.97 Å². The maximum absolute atomic E-state index is 11.9. The molecule has 0 saturated carbocycles. The van der Waals surface area contributed by atoms with Crippen molar-refractivity contribution in [2.45, 2.75) is 18.9 Å². The summed E-state index contributed by atoms with van der Waals surface area (Å²) in [5.74, 6) is 1.70. The van der Waals surface area contributed by atoms with Gasteiger partial charge in [0.15, 0.2) is 29.6 Å². The Kier molecular flexibility index (Phi) is 7.37. The Labute approximate surface area is 175 Å². The molecule has 1 amide bonds. The highest BCUT2D eigenvalue weighted by Gasteiger charge is 2.21. The molecule has 1 heterocycles. The molecule has 8 nitrogen and oxygen atoms in total. The van der Waals surface area contributed by atoms with Crippen LogP contribution in [0, 0.1) is 0 Å². The number of para-hydroxylation sites is 2. The number of hydrogen-bond donors (Lipinski definition) is 1. The van der Waals surface area contributed by atoms with E-state index < -0.39 is 11.9 Å². The number of methoxy groups -OCH3 is 2. The largest absolute Gasteiger partial charge is 0.493 e. The van der Waals surface area contributed by atoms with Gasteiger partial charge in [-0.15, -0.1) is 0 Å². The molecule has 1 aliphatic rings. The highest BCUT2D eigenvalue weighted by Crippen LogP contribution is 2.30. The second-order valence-electron chi connectivity index (χ2n) is 6.65. The minimum atomic E-state index is -0.453. The lowest BCUT2D eigenvalue weighted by Crippen LogP contribution is -2.42. The topological polar surface area (TPSA) is 92.3 Å². The molecule has 0 aromatic heterocycles. The standard InChI is InChI=1S/C22H25NO7/c1-26-17-9-7-15(11-20(17)27-2)8-10-22(25)29-14-21(24)23-12-16-13-28-18-5-3-4-6-19(18)30-16/h3-7,9,11,16H,8,10,12-14H2,1-2H3,(H,23,24)/t16-/m1/s1. The normalized spacial score (nSPS) is 14.5. The van der Waals surface area contributed by atoms with Gasteiger partial charge in [0.2, 0.25) is 0 Å². The Morgan fingerprint density at radius 3 is 2.60 bits per heavy atom. The summed E-state index contributed by atoms with van der Waals surface area (Å²) in [7, 11) is 3.12. The molecule has 3 rings (SSSR count). The summed E-state index contributed by atoms with van der Waals surface area (Å²) in [6, 6.07) is 12.8. The van der Waals surface area contributed by atoms with Gasteiger partial charge in [-0.25, -0.2) is 0 Å². The van der Waals surface area contributed by atoms with Crippen molar-refractivity contribution in [3.8, 4) is 23.0 Å². The molecule has 0 bridgehead atoms. The fourth-order valence-electron chi connectivity index (χ4n) is 2.94. The second kappa shape index (κ2) is 10.4. The van der Waals surface area contributed by atoms with Gasteiger partial charge < -0.3 is 29.0 Å². The maximum atomic E-state index is 11.9. The highest BCUT2D eigenvalue weighted by molar-refractivity contribution is 5.80. The highest BCUT2D eigenvalue weighted by atomic mass is 16.6. The molecule has 1 atom stereocenters. The number of ether oxygens (including phenoxy) is 5. The first-order valence-electron chi connectivity index (χ1n) is 9.60. The zero-order chi connectivity index (χ0) is 21.3. The van der Waals surface area contributed by atoms with E-state index in [-0.39, 0.29) is 25.7 Å². The van der Waals surface area contributed by atoms with E-state index in [0.717, 1.165) is 5.56 Å². The lowest BCUT2D eigenvalue weighted by atomic mass is 10.1. The third kappa shape index (κ3) is 5.79. The lowest BCUT2D eigenvalue weighted by Gasteiger charge is -2.26. The molecule has 30 heavy (non-hydrogen) atoms. The number of rotatable bonds is 9. The van der Waals surface area contributed by atoms with Crippen LogP contribution in [0.5, 0.6) is 23.0 Å². The van der Waals surface area contributed by atoms with Crippen LogP contribution < -0.4 is 24.3 Å². The smallest absolute Gasteiger partial charge is 0.306 e. The van der Waals surface area contributed by atoms with Gasteiger partial charge in [0.05, 0.1) is 20.8 Å². The molecule has 2 aromatic carbocycles. The molecule has 0 saturated heterocycles. The second-order valence-corrected chi connectivity index (χ2v) is 6.65. The van der Waals surface area contributed by atoms with Crippen molar-refractivity contribution in [1.29, 1.82) is 0 Å². The van der Waals surface area contributed by atoms with E-state index in [0.29, 0.717) is 36.0 Å². The van der Waals surface area contributed by atoms with Crippen molar-refractivity contribution < 1.29 is 33.3 Å². The molecular weight excluding hydrogens is 390 g/mol. The van der Waals surface area contributed by atoms with Gasteiger partial charge in [0.1, 0.15) is 12.7 Å². The summed E-state index contributed by atoms with van der Waals surface area (Å²) in [4.78, 5) is 23.9. The summed E-state index contributed by atoms with van der Waals surface area (Å²) < 4.78 is 26.8. The van der Waals surface area contributed by atoms with Gasteiger partial charge in [-0.05, 0) is 36.2 Å². The van der Waals surface area contributed by atoms with E-state index in [1.54, 1.807) is 20.3 Å². The van der Waals surface area contributed by atoms with Crippen molar-refractivity contribution in [2.24, 2.45) is 0 Å². The summed E-state index contributed by atoms with van der Waals surface area (Å²) in [5, 5.41) is 2.69. The summed E-state index contributed by atoms with van der Waals surface area (Å²) in [6.07, 6.45) is 0.316. The molecular formula is C22H25NO7. The minimum Gasteiger partial charge on any atom is -0.493 e. The van der Waals surface area contributed by atoms with Crippen LogP contribution in [0.25, 0.3) is 0 Å². The predicted molar refractivity (Wildman–Crippen MR) is 108 cm³/mol. The van der Waals surface area contributed by atoms with E-state index in [1.165, 1.54) is 0 Å². The van der Waals surface area contributed by atoms with Crippen molar-refractivity contribution in [1.82, 2.24) is 5.32 Å². The number of carbonyl (C=O) groups is 2. The lowest BCUT2D eigenvalue weighted by molar-refractivity contribution is -0.148.